The van der Waals surface area contributed by atoms with Crippen LogP contribution in [0, 0.1) is 0 Å². The Morgan fingerprint density at radius 1 is 1.16 bits per heavy atom. The zero-order valence-corrected chi connectivity index (χ0v) is 12.3. The molecule has 1 heterocycles. The topological polar surface area (TPSA) is 38.5 Å². The Morgan fingerprint density at radius 2 is 2.00 bits per heavy atom. The summed E-state index contributed by atoms with van der Waals surface area (Å²) in [6.07, 6.45) is 0. The zero-order valence-electron chi connectivity index (χ0n) is 10.7. The predicted octanol–water partition coefficient (Wildman–Crippen LogP) is -0.604. The maximum Gasteiger partial charge on any atom is 0.221 e. The number of aromatic nitrogens is 1. The van der Waals surface area contributed by atoms with E-state index in [2.05, 4.69) is 45.6 Å². The van der Waals surface area contributed by atoms with Crippen LogP contribution in [0.5, 0.6) is 0 Å². The maximum absolute atomic E-state index is 4.21. The average molecular weight is 292 g/mol. The number of hydrogen-bond acceptors (Lipinski definition) is 3. The van der Waals surface area contributed by atoms with E-state index in [4.69, 9.17) is 0 Å². The summed E-state index contributed by atoms with van der Waals surface area (Å²) in [5.41, 5.74) is 3.44. The highest BCUT2D eigenvalue weighted by Gasteiger charge is 2.12. The number of nitrogens with zero attached hydrogens (tertiary/aromatic N) is 1. The fourth-order valence-corrected chi connectivity index (χ4v) is 3.03. The summed E-state index contributed by atoms with van der Waals surface area (Å²) < 4.78 is 1.24. The first-order chi connectivity index (χ1) is 8.80. The van der Waals surface area contributed by atoms with E-state index in [0.717, 1.165) is 22.3 Å². The van der Waals surface area contributed by atoms with Crippen LogP contribution in [0.15, 0.2) is 41.4 Å². The first kappa shape index (κ1) is 13.8. The van der Waals surface area contributed by atoms with Gasteiger partial charge in [0.2, 0.25) is 11.2 Å². The summed E-state index contributed by atoms with van der Waals surface area (Å²) >= 11 is 1.78. The molecule has 2 aliphatic rings. The summed E-state index contributed by atoms with van der Waals surface area (Å²) in [6.45, 7) is 0. The lowest BCUT2D eigenvalue weighted by atomic mass is 10.2. The highest BCUT2D eigenvalue weighted by atomic mass is 35.5. The minimum absolute atomic E-state index is 0. The number of halogens is 1. The molecule has 19 heavy (non-hydrogen) atoms. The third kappa shape index (κ3) is 2.55. The van der Waals surface area contributed by atoms with Crippen LogP contribution in [0.2, 0.25) is 0 Å². The summed E-state index contributed by atoms with van der Waals surface area (Å²) in [5, 5.41) is 4.17. The molecule has 0 fully saturated rings. The molecule has 0 aromatic heterocycles. The van der Waals surface area contributed by atoms with Crippen molar-refractivity contribution in [2.45, 2.75) is 0 Å². The van der Waals surface area contributed by atoms with Crippen molar-refractivity contribution in [2.24, 2.45) is 4.99 Å². The van der Waals surface area contributed by atoms with Gasteiger partial charge in [0.1, 0.15) is 9.58 Å². The molecule has 98 valence electrons. The highest BCUT2D eigenvalue weighted by molar-refractivity contribution is 7.21. The summed E-state index contributed by atoms with van der Waals surface area (Å²) in [4.78, 5) is 8.89. The molecule has 1 aromatic carbocycles. The Morgan fingerprint density at radius 3 is 2.74 bits per heavy atom. The number of aromatic amines is 1. The van der Waals surface area contributed by atoms with Gasteiger partial charge in [-0.3, -0.25) is 4.99 Å². The van der Waals surface area contributed by atoms with Crippen LogP contribution in [-0.4, -0.2) is 14.1 Å². The molecule has 1 aliphatic heterocycles. The minimum Gasteiger partial charge on any atom is -1.00 e. The Bertz CT molecular complexity index is 751. The van der Waals surface area contributed by atoms with E-state index < -0.39 is 0 Å². The molecule has 0 spiro atoms. The third-order valence-electron chi connectivity index (χ3n) is 2.98. The number of fused-ring (bicyclic) bond motifs is 2. The Labute approximate surface area is 121 Å². The van der Waals surface area contributed by atoms with Crippen molar-refractivity contribution in [3.8, 4) is 10.6 Å². The summed E-state index contributed by atoms with van der Waals surface area (Å²) in [7, 11) is 3.75. The molecule has 0 amide bonds. The fourth-order valence-electron chi connectivity index (χ4n) is 1.97. The van der Waals surface area contributed by atoms with Gasteiger partial charge in [-0.05, 0) is 24.3 Å². The van der Waals surface area contributed by atoms with E-state index in [9.17, 15) is 0 Å². The number of anilines is 1. The van der Waals surface area contributed by atoms with Gasteiger partial charge in [-0.2, -0.15) is 0 Å². The molecule has 2 N–H and O–H groups in total. The lowest BCUT2D eigenvalue weighted by molar-refractivity contribution is -0.330. The van der Waals surface area contributed by atoms with Crippen LogP contribution in [0.25, 0.3) is 20.8 Å². The number of rotatable bonds is 1. The van der Waals surface area contributed by atoms with E-state index in [-0.39, 0.29) is 12.4 Å². The molecule has 0 bridgehead atoms. The number of benzene rings is 2. The lowest BCUT2D eigenvalue weighted by Crippen LogP contribution is -3.00. The molecule has 1 aliphatic carbocycles. The minimum atomic E-state index is 0. The van der Waals surface area contributed by atoms with Crippen molar-refractivity contribution in [3.63, 3.8) is 0 Å². The van der Waals surface area contributed by atoms with Gasteiger partial charge in [0.05, 0.1) is 5.36 Å². The monoisotopic (exact) mass is 291 g/mol. The molecule has 0 saturated carbocycles. The third-order valence-corrected chi connectivity index (χ3v) is 4.10. The SMILES string of the molecule is CN=c1ccc2[nH+]c3ccc(NC)cc3sc-2c1.[Cl-]. The first-order valence-electron chi connectivity index (χ1n) is 5.81. The second-order valence-electron chi connectivity index (χ2n) is 4.09. The molecular formula is C14H14ClN3S. The van der Waals surface area contributed by atoms with Crippen molar-refractivity contribution < 1.29 is 17.4 Å². The molecular weight excluding hydrogens is 278 g/mol. The maximum atomic E-state index is 4.21. The molecule has 0 radical (unpaired) electrons. The normalized spacial score (nSPS) is 11.6. The highest BCUT2D eigenvalue weighted by Crippen LogP contribution is 2.28. The molecule has 3 rings (SSSR count). The van der Waals surface area contributed by atoms with Crippen molar-refractivity contribution >= 4 is 27.2 Å². The van der Waals surface area contributed by atoms with E-state index in [1.54, 1.807) is 11.3 Å². The standard InChI is InChI=1S/C14H13N3S.ClH/c1-15-9-3-5-11-13(7-9)18-14-8-10(16-2)4-6-12(14)17-11;/h3-8,15H,1-2H3;1H. The van der Waals surface area contributed by atoms with Crippen LogP contribution >= 0.6 is 11.3 Å². The Hall–Kier alpha value is -1.65. The summed E-state index contributed by atoms with van der Waals surface area (Å²) in [5.74, 6) is 0. The van der Waals surface area contributed by atoms with Crippen molar-refractivity contribution in [3.05, 3.63) is 41.8 Å². The molecule has 3 nitrogen and oxygen atoms in total. The van der Waals surface area contributed by atoms with Gasteiger partial charge >= 0.3 is 0 Å². The Balaban J connectivity index is 0.00000133. The first-order valence-corrected chi connectivity index (χ1v) is 6.62. The number of H-pyrrole nitrogens is 1. The smallest absolute Gasteiger partial charge is 0.221 e. The molecule has 0 atom stereocenters. The molecule has 0 saturated heterocycles. The van der Waals surface area contributed by atoms with Gasteiger partial charge in [0.25, 0.3) is 0 Å². The van der Waals surface area contributed by atoms with Crippen LogP contribution in [0.3, 0.4) is 0 Å². The molecule has 1 aromatic rings. The van der Waals surface area contributed by atoms with E-state index in [1.807, 2.05) is 20.2 Å². The van der Waals surface area contributed by atoms with Gasteiger partial charge < -0.3 is 17.7 Å². The van der Waals surface area contributed by atoms with Gasteiger partial charge in [-0.25, -0.2) is 4.98 Å². The largest absolute Gasteiger partial charge is 1.00 e. The summed E-state index contributed by atoms with van der Waals surface area (Å²) in [6, 6.07) is 12.6. The van der Waals surface area contributed by atoms with Crippen LogP contribution in [0.1, 0.15) is 0 Å². The molecule has 5 heteroatoms. The van der Waals surface area contributed by atoms with E-state index >= 15 is 0 Å². The van der Waals surface area contributed by atoms with Crippen LogP contribution in [-0.2, 0) is 0 Å². The van der Waals surface area contributed by atoms with Gasteiger partial charge in [-0.15, -0.1) is 11.3 Å². The quantitative estimate of drug-likeness (QED) is 0.597. The Kier molecular flexibility index (Phi) is 4.02. The number of nitrogens with one attached hydrogen (secondary N) is 2. The lowest BCUT2D eigenvalue weighted by Gasteiger charge is -2.02. The van der Waals surface area contributed by atoms with Crippen LogP contribution < -0.4 is 28.1 Å². The van der Waals surface area contributed by atoms with Crippen molar-refractivity contribution in [1.29, 1.82) is 0 Å². The van der Waals surface area contributed by atoms with Crippen molar-refractivity contribution in [2.75, 3.05) is 19.4 Å². The van der Waals surface area contributed by atoms with E-state index in [0.29, 0.717) is 0 Å². The van der Waals surface area contributed by atoms with Crippen LogP contribution in [0.4, 0.5) is 5.69 Å². The van der Waals surface area contributed by atoms with Gasteiger partial charge in [0, 0.05) is 31.9 Å². The predicted molar refractivity (Wildman–Crippen MR) is 76.0 cm³/mol. The zero-order chi connectivity index (χ0) is 12.5. The number of hydrogen-bond donors (Lipinski definition) is 1. The van der Waals surface area contributed by atoms with Gasteiger partial charge in [-0.1, -0.05) is 0 Å². The second-order valence-corrected chi connectivity index (χ2v) is 5.18. The van der Waals surface area contributed by atoms with Gasteiger partial charge in [0.15, 0.2) is 0 Å². The molecule has 0 unspecified atom stereocenters. The average Bonchev–Trinajstić information content (AvgIpc) is 2.43. The second kappa shape index (κ2) is 5.55. The van der Waals surface area contributed by atoms with Crippen molar-refractivity contribution in [1.82, 2.24) is 0 Å². The fraction of sp³-hybridized carbons (Fsp3) is 0.143. The van der Waals surface area contributed by atoms with E-state index in [1.165, 1.54) is 9.58 Å².